The minimum absolute atomic E-state index is 0.142. The van der Waals surface area contributed by atoms with E-state index in [0.717, 1.165) is 5.56 Å². The molecule has 0 N–H and O–H groups in total. The second kappa shape index (κ2) is 5.55. The molecule has 0 atom stereocenters. The van der Waals surface area contributed by atoms with Gasteiger partial charge in [-0.3, -0.25) is 0 Å². The summed E-state index contributed by atoms with van der Waals surface area (Å²) in [6.45, 7) is 2.27. The lowest BCUT2D eigenvalue weighted by Gasteiger charge is -2.17. The third-order valence-electron chi connectivity index (χ3n) is 3.28. The Morgan fingerprint density at radius 1 is 1.36 bits per heavy atom. The Hall–Kier alpha value is -2.76. The summed E-state index contributed by atoms with van der Waals surface area (Å²) in [5.74, 6) is 0.149. The van der Waals surface area contributed by atoms with E-state index in [1.807, 2.05) is 12.2 Å². The Kier molecular flexibility index (Phi) is 3.58. The molecule has 0 saturated carbocycles. The summed E-state index contributed by atoms with van der Waals surface area (Å²) >= 11 is 0. The summed E-state index contributed by atoms with van der Waals surface area (Å²) in [6.07, 6.45) is 3.74. The molecule has 0 fully saturated rings. The van der Waals surface area contributed by atoms with Crippen LogP contribution < -0.4 is 15.1 Å². The molecular weight excluding hydrogens is 288 g/mol. The highest BCUT2D eigenvalue weighted by atomic mass is 16.5. The Morgan fingerprint density at radius 3 is 2.91 bits per heavy atom. The molecule has 1 aromatic heterocycles. The van der Waals surface area contributed by atoms with Gasteiger partial charge in [0, 0.05) is 10.9 Å². The number of hydrogen-bond donors (Lipinski definition) is 0. The topological polar surface area (TPSA) is 75.0 Å². The van der Waals surface area contributed by atoms with Crippen LogP contribution in [0.2, 0.25) is 0 Å². The number of fused-ring (bicyclic) bond motifs is 2. The molecule has 3 rings (SSSR count). The molecular formula is C16H14O6. The van der Waals surface area contributed by atoms with Gasteiger partial charge in [0.25, 0.3) is 0 Å². The average molecular weight is 302 g/mol. The van der Waals surface area contributed by atoms with Crippen molar-refractivity contribution < 1.29 is 23.4 Å². The number of carbonyl (C=O) groups excluding carboxylic acids is 1. The molecule has 0 radical (unpaired) electrons. The van der Waals surface area contributed by atoms with Crippen molar-refractivity contribution in [2.75, 3.05) is 20.3 Å². The Morgan fingerprint density at radius 2 is 2.18 bits per heavy atom. The molecule has 22 heavy (non-hydrogen) atoms. The van der Waals surface area contributed by atoms with Crippen LogP contribution in [-0.4, -0.2) is 26.3 Å². The Labute approximate surface area is 125 Å². The smallest absolute Gasteiger partial charge is 0.351 e. The first-order valence-corrected chi connectivity index (χ1v) is 6.81. The van der Waals surface area contributed by atoms with Crippen molar-refractivity contribution in [3.05, 3.63) is 39.8 Å². The summed E-state index contributed by atoms with van der Waals surface area (Å²) in [7, 11) is 1.47. The minimum Gasteiger partial charge on any atom is -0.490 e. The van der Waals surface area contributed by atoms with Crippen LogP contribution in [0.25, 0.3) is 17.0 Å². The molecule has 1 aromatic carbocycles. The van der Waals surface area contributed by atoms with Crippen LogP contribution in [-0.2, 0) is 4.74 Å². The van der Waals surface area contributed by atoms with E-state index in [1.54, 1.807) is 13.0 Å². The SMILES string of the molecule is CCOC(=O)c1cc2cc3c(c(OC)c2oc1=O)OCC=C3. The molecule has 0 aliphatic carbocycles. The third-order valence-corrected chi connectivity index (χ3v) is 3.28. The molecule has 0 spiro atoms. The lowest BCUT2D eigenvalue weighted by molar-refractivity contribution is 0.0521. The number of carbonyl (C=O) groups is 1. The van der Waals surface area contributed by atoms with E-state index in [2.05, 4.69) is 0 Å². The van der Waals surface area contributed by atoms with Gasteiger partial charge in [-0.15, -0.1) is 0 Å². The summed E-state index contributed by atoms with van der Waals surface area (Å²) in [5, 5.41) is 0.563. The van der Waals surface area contributed by atoms with E-state index < -0.39 is 11.6 Å². The molecule has 0 bridgehead atoms. The Balaban J connectivity index is 2.28. The summed E-state index contributed by atoms with van der Waals surface area (Å²) in [5.41, 5.74) is 0.126. The van der Waals surface area contributed by atoms with Gasteiger partial charge in [0.2, 0.25) is 5.75 Å². The first-order chi connectivity index (χ1) is 10.7. The van der Waals surface area contributed by atoms with Crippen LogP contribution in [0.15, 0.2) is 27.4 Å². The van der Waals surface area contributed by atoms with Gasteiger partial charge >= 0.3 is 11.6 Å². The van der Waals surface area contributed by atoms with Gasteiger partial charge in [0.15, 0.2) is 11.3 Å². The van der Waals surface area contributed by atoms with Crippen molar-refractivity contribution in [3.63, 3.8) is 0 Å². The summed E-state index contributed by atoms with van der Waals surface area (Å²) in [4.78, 5) is 23.8. The quantitative estimate of drug-likeness (QED) is 0.640. The highest BCUT2D eigenvalue weighted by Gasteiger charge is 2.22. The normalized spacial score (nSPS) is 12.6. The van der Waals surface area contributed by atoms with E-state index >= 15 is 0 Å². The number of hydrogen-bond acceptors (Lipinski definition) is 6. The lowest BCUT2D eigenvalue weighted by atomic mass is 10.1. The zero-order valence-corrected chi connectivity index (χ0v) is 12.2. The third kappa shape index (κ3) is 2.22. The second-order valence-electron chi connectivity index (χ2n) is 4.63. The van der Waals surface area contributed by atoms with E-state index in [4.69, 9.17) is 18.6 Å². The summed E-state index contributed by atoms with van der Waals surface area (Å²) in [6, 6.07) is 3.22. The van der Waals surface area contributed by atoms with Crippen molar-refractivity contribution in [1.29, 1.82) is 0 Å². The van der Waals surface area contributed by atoms with Crippen LogP contribution in [0.1, 0.15) is 22.8 Å². The largest absolute Gasteiger partial charge is 0.490 e. The van der Waals surface area contributed by atoms with E-state index in [9.17, 15) is 9.59 Å². The van der Waals surface area contributed by atoms with Crippen LogP contribution in [0.4, 0.5) is 0 Å². The minimum atomic E-state index is -0.768. The maximum absolute atomic E-state index is 12.0. The average Bonchev–Trinajstić information content (AvgIpc) is 2.52. The maximum atomic E-state index is 12.0. The number of methoxy groups -OCH3 is 1. The molecule has 0 amide bonds. The molecule has 2 aromatic rings. The van der Waals surface area contributed by atoms with Crippen LogP contribution in [0, 0.1) is 0 Å². The first-order valence-electron chi connectivity index (χ1n) is 6.81. The van der Waals surface area contributed by atoms with E-state index in [1.165, 1.54) is 13.2 Å². The predicted molar refractivity (Wildman–Crippen MR) is 79.5 cm³/mol. The van der Waals surface area contributed by atoms with E-state index in [0.29, 0.717) is 23.5 Å². The number of ether oxygens (including phenoxy) is 3. The fourth-order valence-electron chi connectivity index (χ4n) is 2.35. The molecule has 2 heterocycles. The van der Waals surface area contributed by atoms with Crippen molar-refractivity contribution in [3.8, 4) is 11.5 Å². The van der Waals surface area contributed by atoms with Crippen molar-refractivity contribution >= 4 is 23.0 Å². The van der Waals surface area contributed by atoms with Gasteiger partial charge in [-0.2, -0.15) is 0 Å². The second-order valence-corrected chi connectivity index (χ2v) is 4.63. The Bertz CT molecular complexity index is 831. The van der Waals surface area contributed by atoms with Crippen LogP contribution in [0.3, 0.4) is 0 Å². The van der Waals surface area contributed by atoms with Gasteiger partial charge in [-0.25, -0.2) is 9.59 Å². The fourth-order valence-corrected chi connectivity index (χ4v) is 2.35. The van der Waals surface area contributed by atoms with Crippen LogP contribution in [0.5, 0.6) is 11.5 Å². The van der Waals surface area contributed by atoms with Gasteiger partial charge in [0.05, 0.1) is 13.7 Å². The number of esters is 1. The first kappa shape index (κ1) is 14.2. The monoisotopic (exact) mass is 302 g/mol. The van der Waals surface area contributed by atoms with Gasteiger partial charge < -0.3 is 18.6 Å². The zero-order chi connectivity index (χ0) is 15.7. The predicted octanol–water partition coefficient (Wildman–Crippen LogP) is 2.38. The highest BCUT2D eigenvalue weighted by Crippen LogP contribution is 2.40. The van der Waals surface area contributed by atoms with Gasteiger partial charge in [-0.1, -0.05) is 6.08 Å². The van der Waals surface area contributed by atoms with Crippen LogP contribution >= 0.6 is 0 Å². The fraction of sp³-hybridized carbons (Fsp3) is 0.250. The van der Waals surface area contributed by atoms with Crippen molar-refractivity contribution in [1.82, 2.24) is 0 Å². The molecule has 0 saturated heterocycles. The molecule has 6 nitrogen and oxygen atoms in total. The van der Waals surface area contributed by atoms with Gasteiger partial charge in [0.1, 0.15) is 12.2 Å². The standard InChI is InChI=1S/C16H14O6/c1-3-20-15(17)11-8-10-7-9-5-4-6-21-12(9)14(19-2)13(10)22-16(11)18/h4-5,7-8H,3,6H2,1-2H3. The molecule has 1 aliphatic rings. The molecule has 1 aliphatic heterocycles. The highest BCUT2D eigenvalue weighted by molar-refractivity contribution is 5.96. The lowest BCUT2D eigenvalue weighted by Crippen LogP contribution is -2.16. The zero-order valence-electron chi connectivity index (χ0n) is 12.2. The molecule has 6 heteroatoms. The maximum Gasteiger partial charge on any atom is 0.351 e. The summed E-state index contributed by atoms with van der Waals surface area (Å²) < 4.78 is 21.0. The van der Waals surface area contributed by atoms with E-state index in [-0.39, 0.29) is 17.8 Å². The van der Waals surface area contributed by atoms with Crippen molar-refractivity contribution in [2.24, 2.45) is 0 Å². The molecule has 114 valence electrons. The number of rotatable bonds is 3. The van der Waals surface area contributed by atoms with Gasteiger partial charge in [-0.05, 0) is 25.1 Å². The number of benzene rings is 1. The molecule has 0 unspecified atom stereocenters. The van der Waals surface area contributed by atoms with Crippen molar-refractivity contribution in [2.45, 2.75) is 6.92 Å².